The molecule has 0 fully saturated rings. The summed E-state index contributed by atoms with van der Waals surface area (Å²) in [6, 6.07) is 8.46. The monoisotopic (exact) mass is 340 g/mol. The summed E-state index contributed by atoms with van der Waals surface area (Å²) >= 11 is 6.05. The Labute approximate surface area is 143 Å². The van der Waals surface area contributed by atoms with Crippen LogP contribution >= 0.6 is 11.6 Å². The SMILES string of the molecule is COc1ccc(NC(=O)c2ccc(-c3cncnc3)nc2)cc1Cl. The standard InChI is InChI=1S/C17H13ClN4O2/c1-24-16-5-3-13(6-14(16)18)22-17(23)11-2-4-15(21-9-11)12-7-19-10-20-8-12/h2-10H,1H3,(H,22,23). The fraction of sp³-hybridized carbons (Fsp3) is 0.0588. The second-order valence-electron chi connectivity index (χ2n) is 4.86. The van der Waals surface area contributed by atoms with E-state index in [0.29, 0.717) is 27.7 Å². The van der Waals surface area contributed by atoms with Crippen molar-refractivity contribution < 1.29 is 9.53 Å². The van der Waals surface area contributed by atoms with Gasteiger partial charge in [-0.2, -0.15) is 0 Å². The number of carbonyl (C=O) groups is 1. The highest BCUT2D eigenvalue weighted by molar-refractivity contribution is 6.32. The van der Waals surface area contributed by atoms with E-state index >= 15 is 0 Å². The summed E-state index contributed by atoms with van der Waals surface area (Å²) in [5.41, 5.74) is 2.49. The molecule has 0 aliphatic carbocycles. The maximum absolute atomic E-state index is 12.3. The molecule has 0 aliphatic rings. The van der Waals surface area contributed by atoms with Gasteiger partial charge in [-0.05, 0) is 30.3 Å². The summed E-state index contributed by atoms with van der Waals surface area (Å²) < 4.78 is 5.08. The fourth-order valence-corrected chi connectivity index (χ4v) is 2.34. The molecule has 120 valence electrons. The second-order valence-corrected chi connectivity index (χ2v) is 5.27. The summed E-state index contributed by atoms with van der Waals surface area (Å²) in [4.78, 5) is 24.4. The van der Waals surface area contributed by atoms with E-state index < -0.39 is 0 Å². The Morgan fingerprint density at radius 2 is 1.92 bits per heavy atom. The highest BCUT2D eigenvalue weighted by atomic mass is 35.5. The molecule has 7 heteroatoms. The van der Waals surface area contributed by atoms with Gasteiger partial charge < -0.3 is 10.1 Å². The molecule has 0 saturated carbocycles. The molecule has 0 unspecified atom stereocenters. The largest absolute Gasteiger partial charge is 0.495 e. The van der Waals surface area contributed by atoms with Crippen molar-refractivity contribution in [2.45, 2.75) is 0 Å². The number of hydrogen-bond acceptors (Lipinski definition) is 5. The quantitative estimate of drug-likeness (QED) is 0.787. The third-order valence-electron chi connectivity index (χ3n) is 3.29. The molecule has 0 radical (unpaired) electrons. The number of aromatic nitrogens is 3. The maximum Gasteiger partial charge on any atom is 0.257 e. The van der Waals surface area contributed by atoms with Crippen LogP contribution in [0.3, 0.4) is 0 Å². The van der Waals surface area contributed by atoms with Gasteiger partial charge >= 0.3 is 0 Å². The van der Waals surface area contributed by atoms with E-state index in [4.69, 9.17) is 16.3 Å². The van der Waals surface area contributed by atoms with Crippen molar-refractivity contribution in [3.8, 4) is 17.0 Å². The van der Waals surface area contributed by atoms with Gasteiger partial charge in [-0.25, -0.2) is 9.97 Å². The molecule has 0 spiro atoms. The van der Waals surface area contributed by atoms with Crippen molar-refractivity contribution in [2.24, 2.45) is 0 Å². The van der Waals surface area contributed by atoms with Crippen LogP contribution in [0.25, 0.3) is 11.3 Å². The molecule has 2 heterocycles. The Bertz CT molecular complexity index is 854. The zero-order chi connectivity index (χ0) is 16.9. The van der Waals surface area contributed by atoms with Crippen molar-refractivity contribution >= 4 is 23.2 Å². The first-order valence-electron chi connectivity index (χ1n) is 7.03. The number of benzene rings is 1. The van der Waals surface area contributed by atoms with Crippen molar-refractivity contribution in [3.05, 3.63) is 65.8 Å². The summed E-state index contributed by atoms with van der Waals surface area (Å²) in [7, 11) is 1.53. The highest BCUT2D eigenvalue weighted by Gasteiger charge is 2.09. The fourth-order valence-electron chi connectivity index (χ4n) is 2.08. The molecule has 0 aliphatic heterocycles. The van der Waals surface area contributed by atoms with Crippen LogP contribution in [0.2, 0.25) is 5.02 Å². The van der Waals surface area contributed by atoms with Gasteiger partial charge in [0, 0.05) is 29.8 Å². The molecule has 2 aromatic heterocycles. The van der Waals surface area contributed by atoms with Crippen LogP contribution in [0.15, 0.2) is 55.2 Å². The van der Waals surface area contributed by atoms with E-state index in [2.05, 4.69) is 20.3 Å². The van der Waals surface area contributed by atoms with E-state index in [0.717, 1.165) is 5.56 Å². The Hall–Kier alpha value is -2.99. The molecule has 0 atom stereocenters. The highest BCUT2D eigenvalue weighted by Crippen LogP contribution is 2.27. The summed E-state index contributed by atoms with van der Waals surface area (Å²) in [5, 5.41) is 3.19. The summed E-state index contributed by atoms with van der Waals surface area (Å²) in [5.74, 6) is 0.269. The average molecular weight is 341 g/mol. The lowest BCUT2D eigenvalue weighted by atomic mass is 10.2. The van der Waals surface area contributed by atoms with Crippen molar-refractivity contribution in [2.75, 3.05) is 12.4 Å². The minimum Gasteiger partial charge on any atom is -0.495 e. The first-order valence-corrected chi connectivity index (χ1v) is 7.41. The number of methoxy groups -OCH3 is 1. The van der Waals surface area contributed by atoms with Gasteiger partial charge in [0.15, 0.2) is 0 Å². The minimum absolute atomic E-state index is 0.278. The summed E-state index contributed by atoms with van der Waals surface area (Å²) in [6.07, 6.45) is 6.27. The molecular formula is C17H13ClN4O2. The number of anilines is 1. The molecule has 1 aromatic carbocycles. The smallest absolute Gasteiger partial charge is 0.257 e. The molecule has 6 nitrogen and oxygen atoms in total. The molecule has 3 aromatic rings. The molecule has 3 rings (SSSR count). The molecule has 0 saturated heterocycles. The average Bonchev–Trinajstić information content (AvgIpc) is 2.63. The first kappa shape index (κ1) is 15.9. The molecule has 24 heavy (non-hydrogen) atoms. The summed E-state index contributed by atoms with van der Waals surface area (Å²) in [6.45, 7) is 0. The topological polar surface area (TPSA) is 77.0 Å². The Morgan fingerprint density at radius 1 is 1.12 bits per heavy atom. The van der Waals surface area contributed by atoms with E-state index in [1.807, 2.05) is 0 Å². The zero-order valence-electron chi connectivity index (χ0n) is 12.7. The third kappa shape index (κ3) is 3.49. The van der Waals surface area contributed by atoms with Crippen LogP contribution in [0.4, 0.5) is 5.69 Å². The number of rotatable bonds is 4. The van der Waals surface area contributed by atoms with Gasteiger partial charge in [-0.3, -0.25) is 9.78 Å². The van der Waals surface area contributed by atoms with Gasteiger partial charge in [-0.1, -0.05) is 11.6 Å². The molecule has 1 amide bonds. The van der Waals surface area contributed by atoms with E-state index in [9.17, 15) is 4.79 Å². The van der Waals surface area contributed by atoms with Gasteiger partial charge in [0.05, 0.1) is 23.4 Å². The second kappa shape index (κ2) is 7.06. The Kier molecular flexibility index (Phi) is 4.67. The number of ether oxygens (including phenoxy) is 1. The number of nitrogens with one attached hydrogen (secondary N) is 1. The third-order valence-corrected chi connectivity index (χ3v) is 3.59. The van der Waals surface area contributed by atoms with Gasteiger partial charge in [0.1, 0.15) is 12.1 Å². The van der Waals surface area contributed by atoms with Crippen molar-refractivity contribution in [3.63, 3.8) is 0 Å². The number of carbonyl (C=O) groups excluding carboxylic acids is 1. The van der Waals surface area contributed by atoms with Crippen LogP contribution in [0.1, 0.15) is 10.4 Å². The van der Waals surface area contributed by atoms with Gasteiger partial charge in [0.2, 0.25) is 0 Å². The lowest BCUT2D eigenvalue weighted by Gasteiger charge is -2.08. The van der Waals surface area contributed by atoms with Gasteiger partial charge in [0.25, 0.3) is 5.91 Å². The van der Waals surface area contributed by atoms with Crippen molar-refractivity contribution in [1.29, 1.82) is 0 Å². The first-order chi connectivity index (χ1) is 11.7. The number of nitrogens with zero attached hydrogens (tertiary/aromatic N) is 3. The predicted octanol–water partition coefficient (Wildman–Crippen LogP) is 3.45. The van der Waals surface area contributed by atoms with Crippen LogP contribution in [-0.4, -0.2) is 28.0 Å². The zero-order valence-corrected chi connectivity index (χ0v) is 13.5. The number of hydrogen-bond donors (Lipinski definition) is 1. The predicted molar refractivity (Wildman–Crippen MR) is 91.2 cm³/mol. The van der Waals surface area contributed by atoms with E-state index in [-0.39, 0.29) is 5.91 Å². The number of halogens is 1. The van der Waals surface area contributed by atoms with Crippen molar-refractivity contribution in [1.82, 2.24) is 15.0 Å². The van der Waals surface area contributed by atoms with E-state index in [1.165, 1.54) is 19.6 Å². The van der Waals surface area contributed by atoms with E-state index in [1.54, 1.807) is 42.7 Å². The van der Waals surface area contributed by atoms with Crippen LogP contribution in [-0.2, 0) is 0 Å². The lowest BCUT2D eigenvalue weighted by Crippen LogP contribution is -2.12. The van der Waals surface area contributed by atoms with Crippen LogP contribution in [0.5, 0.6) is 5.75 Å². The Balaban J connectivity index is 1.75. The number of amides is 1. The Morgan fingerprint density at radius 3 is 2.54 bits per heavy atom. The molecular weight excluding hydrogens is 328 g/mol. The van der Waals surface area contributed by atoms with Crippen LogP contribution < -0.4 is 10.1 Å². The minimum atomic E-state index is -0.278. The molecule has 1 N–H and O–H groups in total. The number of pyridine rings is 1. The maximum atomic E-state index is 12.3. The normalized spacial score (nSPS) is 10.2. The van der Waals surface area contributed by atoms with Crippen LogP contribution in [0, 0.1) is 0 Å². The molecule has 0 bridgehead atoms. The lowest BCUT2D eigenvalue weighted by molar-refractivity contribution is 0.102. The van der Waals surface area contributed by atoms with Gasteiger partial charge in [-0.15, -0.1) is 0 Å².